The molecule has 1 saturated heterocycles. The summed E-state index contributed by atoms with van der Waals surface area (Å²) in [4.78, 5) is 12.8. The van der Waals surface area contributed by atoms with Crippen molar-refractivity contribution >= 4 is 11.2 Å². The molecule has 222 valence electrons. The lowest BCUT2D eigenvalue weighted by molar-refractivity contribution is -0.0511. The van der Waals surface area contributed by atoms with E-state index in [-0.39, 0.29) is 6.61 Å². The van der Waals surface area contributed by atoms with E-state index >= 15 is 0 Å². The van der Waals surface area contributed by atoms with Crippen molar-refractivity contribution in [1.82, 2.24) is 19.5 Å². The standard InChI is InChI=1S/C30H52N4O5/c1-2-3-4-5-6-7-8-9-10-11-12-13-14-15-16-17-18-19-20-38-29-25-28(31-22-32-29)34(23-33-25)30-27(37)26(36)24(21-35)39-30/h22-24,26-27,30,35-37H,2-21H2,1H3/t24-,26-,27-,30?/m1/s1. The number of imidazole rings is 1. The maximum absolute atomic E-state index is 10.3. The number of aliphatic hydroxyl groups is 3. The molecule has 1 aliphatic rings. The Labute approximate surface area is 234 Å². The minimum absolute atomic E-state index is 0.385. The highest BCUT2D eigenvalue weighted by atomic mass is 16.6. The normalized spacial score (nSPS) is 21.2. The zero-order valence-electron chi connectivity index (χ0n) is 24.1. The highest BCUT2D eigenvalue weighted by molar-refractivity contribution is 5.76. The molecule has 4 atom stereocenters. The average Bonchev–Trinajstić information content (AvgIpc) is 3.50. The van der Waals surface area contributed by atoms with E-state index < -0.39 is 24.5 Å². The van der Waals surface area contributed by atoms with E-state index in [2.05, 4.69) is 21.9 Å². The van der Waals surface area contributed by atoms with Gasteiger partial charge in [-0.15, -0.1) is 0 Å². The number of ether oxygens (including phenoxy) is 2. The summed E-state index contributed by atoms with van der Waals surface area (Å²) in [6, 6.07) is 0. The van der Waals surface area contributed by atoms with Gasteiger partial charge < -0.3 is 24.8 Å². The fraction of sp³-hybridized carbons (Fsp3) is 0.833. The van der Waals surface area contributed by atoms with Crippen molar-refractivity contribution in [2.45, 2.75) is 147 Å². The van der Waals surface area contributed by atoms with E-state index in [1.54, 1.807) is 4.57 Å². The predicted molar refractivity (Wildman–Crippen MR) is 153 cm³/mol. The largest absolute Gasteiger partial charge is 0.476 e. The lowest BCUT2D eigenvalue weighted by Gasteiger charge is -2.16. The van der Waals surface area contributed by atoms with E-state index in [0.29, 0.717) is 23.7 Å². The van der Waals surface area contributed by atoms with Crippen LogP contribution in [0, 0.1) is 0 Å². The summed E-state index contributed by atoms with van der Waals surface area (Å²) in [6.45, 7) is 2.46. The van der Waals surface area contributed by atoms with Crippen molar-refractivity contribution in [2.75, 3.05) is 13.2 Å². The molecule has 0 amide bonds. The van der Waals surface area contributed by atoms with E-state index in [9.17, 15) is 15.3 Å². The first-order valence-electron chi connectivity index (χ1n) is 15.6. The number of aromatic nitrogens is 4. The van der Waals surface area contributed by atoms with E-state index in [1.165, 1.54) is 115 Å². The molecule has 3 heterocycles. The number of hydrogen-bond donors (Lipinski definition) is 3. The monoisotopic (exact) mass is 548 g/mol. The van der Waals surface area contributed by atoms with Crippen LogP contribution >= 0.6 is 0 Å². The van der Waals surface area contributed by atoms with Crippen LogP contribution in [0.15, 0.2) is 12.7 Å². The van der Waals surface area contributed by atoms with E-state index in [1.807, 2.05) is 0 Å². The van der Waals surface area contributed by atoms with Gasteiger partial charge in [0.2, 0.25) is 5.88 Å². The van der Waals surface area contributed by atoms with Crippen molar-refractivity contribution in [2.24, 2.45) is 0 Å². The highest BCUT2D eigenvalue weighted by Gasteiger charge is 2.44. The summed E-state index contributed by atoms with van der Waals surface area (Å²) in [5.74, 6) is 0.400. The van der Waals surface area contributed by atoms with Gasteiger partial charge in [0.15, 0.2) is 17.4 Å². The molecule has 0 saturated carbocycles. The lowest BCUT2D eigenvalue weighted by atomic mass is 10.0. The molecule has 9 heteroatoms. The molecule has 0 aliphatic carbocycles. The zero-order valence-corrected chi connectivity index (χ0v) is 24.1. The molecule has 1 fully saturated rings. The van der Waals surface area contributed by atoms with E-state index in [4.69, 9.17) is 9.47 Å². The van der Waals surface area contributed by atoms with Gasteiger partial charge in [0, 0.05) is 0 Å². The van der Waals surface area contributed by atoms with Crippen LogP contribution in [0.5, 0.6) is 5.88 Å². The van der Waals surface area contributed by atoms with Crippen molar-refractivity contribution in [3.63, 3.8) is 0 Å². The van der Waals surface area contributed by atoms with Crippen LogP contribution < -0.4 is 4.74 Å². The van der Waals surface area contributed by atoms with Gasteiger partial charge in [-0.3, -0.25) is 4.57 Å². The molecule has 2 aromatic heterocycles. The van der Waals surface area contributed by atoms with Gasteiger partial charge in [0.1, 0.15) is 24.6 Å². The molecule has 0 radical (unpaired) electrons. The molecule has 1 unspecified atom stereocenters. The van der Waals surface area contributed by atoms with Crippen molar-refractivity contribution < 1.29 is 24.8 Å². The van der Waals surface area contributed by atoms with Crippen LogP contribution in [-0.4, -0.2) is 66.4 Å². The number of nitrogens with zero attached hydrogens (tertiary/aromatic N) is 4. The van der Waals surface area contributed by atoms with Crippen LogP contribution in [0.2, 0.25) is 0 Å². The molecule has 9 nitrogen and oxygen atoms in total. The quantitative estimate of drug-likeness (QED) is 0.156. The first kappa shape index (κ1) is 31.7. The van der Waals surface area contributed by atoms with E-state index in [0.717, 1.165) is 12.8 Å². The second kappa shape index (κ2) is 18.5. The van der Waals surface area contributed by atoms with Crippen LogP contribution in [0.25, 0.3) is 11.2 Å². The Bertz CT molecular complexity index is 911. The van der Waals surface area contributed by atoms with Crippen LogP contribution in [0.3, 0.4) is 0 Å². The third-order valence-corrected chi connectivity index (χ3v) is 7.85. The van der Waals surface area contributed by atoms with Gasteiger partial charge in [-0.25, -0.2) is 9.97 Å². The summed E-state index contributed by atoms with van der Waals surface area (Å²) in [7, 11) is 0. The Morgan fingerprint density at radius 2 is 1.28 bits per heavy atom. The molecule has 3 N–H and O–H groups in total. The Hall–Kier alpha value is -1.81. The lowest BCUT2D eigenvalue weighted by Crippen LogP contribution is -2.33. The molecular formula is C30H52N4O5. The molecule has 2 aromatic rings. The molecule has 3 rings (SSSR count). The third-order valence-electron chi connectivity index (χ3n) is 7.85. The van der Waals surface area contributed by atoms with Crippen LogP contribution in [0.4, 0.5) is 0 Å². The van der Waals surface area contributed by atoms with Crippen molar-refractivity contribution in [3.05, 3.63) is 12.7 Å². The Balaban J connectivity index is 1.19. The highest BCUT2D eigenvalue weighted by Crippen LogP contribution is 2.32. The molecule has 0 spiro atoms. The first-order chi connectivity index (χ1) is 19.2. The number of fused-ring (bicyclic) bond motifs is 1. The average molecular weight is 549 g/mol. The zero-order chi connectivity index (χ0) is 27.7. The summed E-state index contributed by atoms with van der Waals surface area (Å²) in [5, 5.41) is 29.7. The predicted octanol–water partition coefficient (Wildman–Crippen LogP) is 5.86. The van der Waals surface area contributed by atoms with Gasteiger partial charge in [0.25, 0.3) is 0 Å². The SMILES string of the molecule is CCCCCCCCCCCCCCCCCCCCOc1ncnc2c1ncn2C1O[C@H](CO)[C@@H](O)[C@H]1O. The maximum Gasteiger partial charge on any atom is 0.245 e. The van der Waals surface area contributed by atoms with Crippen molar-refractivity contribution in [3.8, 4) is 5.88 Å². The molecule has 0 aromatic carbocycles. The van der Waals surface area contributed by atoms with Gasteiger partial charge >= 0.3 is 0 Å². The fourth-order valence-corrected chi connectivity index (χ4v) is 5.40. The number of aliphatic hydroxyl groups excluding tert-OH is 3. The molecule has 39 heavy (non-hydrogen) atoms. The fourth-order valence-electron chi connectivity index (χ4n) is 5.40. The minimum atomic E-state index is -1.20. The number of unbranched alkanes of at least 4 members (excludes halogenated alkanes) is 17. The summed E-state index contributed by atoms with van der Waals surface area (Å²) in [5.41, 5.74) is 0.935. The summed E-state index contributed by atoms with van der Waals surface area (Å²) in [6.07, 6.45) is 22.9. The third kappa shape index (κ3) is 10.3. The second-order valence-corrected chi connectivity index (χ2v) is 11.1. The van der Waals surface area contributed by atoms with Crippen LogP contribution in [-0.2, 0) is 4.74 Å². The van der Waals surface area contributed by atoms with Gasteiger partial charge in [-0.05, 0) is 6.42 Å². The van der Waals surface area contributed by atoms with Gasteiger partial charge in [-0.1, -0.05) is 116 Å². The second-order valence-electron chi connectivity index (χ2n) is 11.1. The molecular weight excluding hydrogens is 496 g/mol. The first-order valence-corrected chi connectivity index (χ1v) is 15.6. The minimum Gasteiger partial charge on any atom is -0.476 e. The summed E-state index contributed by atoms with van der Waals surface area (Å²) < 4.78 is 13.0. The Morgan fingerprint density at radius 1 is 0.744 bits per heavy atom. The van der Waals surface area contributed by atoms with Crippen LogP contribution in [0.1, 0.15) is 129 Å². The topological polar surface area (TPSA) is 123 Å². The molecule has 1 aliphatic heterocycles. The maximum atomic E-state index is 10.3. The Kier molecular flexibility index (Phi) is 15.1. The summed E-state index contributed by atoms with van der Waals surface area (Å²) >= 11 is 0. The van der Waals surface area contributed by atoms with Crippen molar-refractivity contribution in [1.29, 1.82) is 0 Å². The number of rotatable bonds is 22. The molecule has 0 bridgehead atoms. The smallest absolute Gasteiger partial charge is 0.245 e. The van der Waals surface area contributed by atoms with Gasteiger partial charge in [0.05, 0.1) is 19.5 Å². The number of hydrogen-bond acceptors (Lipinski definition) is 8. The Morgan fingerprint density at radius 3 is 1.79 bits per heavy atom. The van der Waals surface area contributed by atoms with Gasteiger partial charge in [-0.2, -0.15) is 4.98 Å².